The van der Waals surface area contributed by atoms with Crippen LogP contribution in [-0.4, -0.2) is 21.6 Å². The molecule has 0 radical (unpaired) electrons. The van der Waals surface area contributed by atoms with Gasteiger partial charge >= 0.3 is 0 Å². The summed E-state index contributed by atoms with van der Waals surface area (Å²) in [5.74, 6) is 0.738. The fourth-order valence-corrected chi connectivity index (χ4v) is 1.57. The zero-order valence-electron chi connectivity index (χ0n) is 10.3. The minimum atomic E-state index is -0.288. The van der Waals surface area contributed by atoms with E-state index in [-0.39, 0.29) is 6.04 Å². The fourth-order valence-electron chi connectivity index (χ4n) is 1.57. The van der Waals surface area contributed by atoms with E-state index in [1.54, 1.807) is 24.8 Å². The van der Waals surface area contributed by atoms with E-state index < -0.39 is 0 Å². The lowest BCUT2D eigenvalue weighted by molar-refractivity contribution is 0.315. The van der Waals surface area contributed by atoms with Gasteiger partial charge in [-0.1, -0.05) is 6.92 Å². The van der Waals surface area contributed by atoms with Crippen molar-refractivity contribution >= 4 is 0 Å². The molecule has 2 aromatic heterocycles. The molecule has 0 saturated heterocycles. The summed E-state index contributed by atoms with van der Waals surface area (Å²) in [6.45, 7) is 2.74. The first-order valence-electron chi connectivity index (χ1n) is 5.89. The van der Waals surface area contributed by atoms with Crippen molar-refractivity contribution in [3.05, 3.63) is 48.3 Å². The Balaban J connectivity index is 2.17. The summed E-state index contributed by atoms with van der Waals surface area (Å²) in [6.07, 6.45) is 9.27. The van der Waals surface area contributed by atoms with E-state index in [0.717, 1.165) is 23.3 Å². The summed E-state index contributed by atoms with van der Waals surface area (Å²) >= 11 is 0. The summed E-state index contributed by atoms with van der Waals surface area (Å²) in [5.41, 5.74) is 7.88. The van der Waals surface area contributed by atoms with Gasteiger partial charge < -0.3 is 10.5 Å². The van der Waals surface area contributed by atoms with Gasteiger partial charge in [-0.2, -0.15) is 0 Å². The molecule has 1 unspecified atom stereocenters. The molecule has 2 rings (SSSR count). The van der Waals surface area contributed by atoms with Crippen LogP contribution in [0.5, 0.6) is 5.75 Å². The summed E-state index contributed by atoms with van der Waals surface area (Å²) in [6, 6.07) is 1.62. The molecule has 0 spiro atoms. The van der Waals surface area contributed by atoms with Crippen LogP contribution in [-0.2, 0) is 0 Å². The molecule has 18 heavy (non-hydrogen) atoms. The molecule has 0 aliphatic rings. The molecule has 2 heterocycles. The molecule has 0 fully saturated rings. The van der Waals surface area contributed by atoms with Crippen molar-refractivity contribution in [3.8, 4) is 5.75 Å². The third kappa shape index (κ3) is 3.01. The van der Waals surface area contributed by atoms with E-state index in [2.05, 4.69) is 21.9 Å². The van der Waals surface area contributed by atoms with Crippen LogP contribution < -0.4 is 10.5 Å². The Morgan fingerprint density at radius 2 is 1.83 bits per heavy atom. The Labute approximate surface area is 106 Å². The van der Waals surface area contributed by atoms with Gasteiger partial charge in [-0.3, -0.25) is 4.98 Å². The van der Waals surface area contributed by atoms with Crippen LogP contribution in [0.15, 0.2) is 37.2 Å². The molecule has 2 N–H and O–H groups in total. The van der Waals surface area contributed by atoms with Gasteiger partial charge in [0, 0.05) is 24.2 Å². The minimum absolute atomic E-state index is 0.288. The maximum atomic E-state index is 6.14. The van der Waals surface area contributed by atoms with Gasteiger partial charge in [0.05, 0.1) is 18.8 Å². The highest BCUT2D eigenvalue weighted by atomic mass is 16.5. The largest absolute Gasteiger partial charge is 0.492 e. The maximum Gasteiger partial charge on any atom is 0.137 e. The average molecular weight is 244 g/mol. The van der Waals surface area contributed by atoms with Crippen LogP contribution >= 0.6 is 0 Å². The monoisotopic (exact) mass is 244 g/mol. The van der Waals surface area contributed by atoms with Gasteiger partial charge in [0.2, 0.25) is 0 Å². The molecule has 0 bridgehead atoms. The lowest BCUT2D eigenvalue weighted by atomic mass is 10.0. The van der Waals surface area contributed by atoms with Crippen LogP contribution in [0.25, 0.3) is 0 Å². The van der Waals surface area contributed by atoms with Gasteiger partial charge in [-0.15, -0.1) is 0 Å². The number of aromatic nitrogens is 3. The van der Waals surface area contributed by atoms with Crippen LogP contribution in [0.4, 0.5) is 0 Å². The fraction of sp³-hybridized carbons (Fsp3) is 0.308. The van der Waals surface area contributed by atoms with Crippen molar-refractivity contribution in [3.63, 3.8) is 0 Å². The Morgan fingerprint density at radius 3 is 2.56 bits per heavy atom. The number of nitrogens with zero attached hydrogens (tertiary/aromatic N) is 3. The number of ether oxygens (including phenoxy) is 1. The summed E-state index contributed by atoms with van der Waals surface area (Å²) < 4.78 is 5.53. The highest BCUT2D eigenvalue weighted by molar-refractivity contribution is 5.31. The van der Waals surface area contributed by atoms with Crippen LogP contribution in [0.1, 0.15) is 30.5 Å². The number of pyridine rings is 1. The van der Waals surface area contributed by atoms with Gasteiger partial charge in [0.15, 0.2) is 0 Å². The van der Waals surface area contributed by atoms with Crippen molar-refractivity contribution in [2.24, 2.45) is 5.73 Å². The Bertz CT molecular complexity index is 489. The lowest BCUT2D eigenvalue weighted by Crippen LogP contribution is -2.13. The van der Waals surface area contributed by atoms with E-state index in [1.165, 1.54) is 6.33 Å². The van der Waals surface area contributed by atoms with E-state index in [0.29, 0.717) is 6.61 Å². The first-order valence-corrected chi connectivity index (χ1v) is 5.89. The highest BCUT2D eigenvalue weighted by Crippen LogP contribution is 2.21. The molecule has 5 heteroatoms. The summed E-state index contributed by atoms with van der Waals surface area (Å²) in [7, 11) is 0. The molecule has 94 valence electrons. The molecule has 0 aromatic carbocycles. The smallest absolute Gasteiger partial charge is 0.137 e. The SMILES string of the molecule is CCCOc1cncc(C(N)c2cncnc2)c1. The Morgan fingerprint density at radius 1 is 1.11 bits per heavy atom. The molecule has 2 aromatic rings. The first-order chi connectivity index (χ1) is 8.81. The number of rotatable bonds is 5. The van der Waals surface area contributed by atoms with Gasteiger partial charge in [-0.25, -0.2) is 9.97 Å². The highest BCUT2D eigenvalue weighted by Gasteiger charge is 2.10. The summed E-state index contributed by atoms with van der Waals surface area (Å²) in [4.78, 5) is 12.1. The zero-order chi connectivity index (χ0) is 12.8. The molecule has 0 aliphatic carbocycles. The number of nitrogens with two attached hydrogens (primary N) is 1. The van der Waals surface area contributed by atoms with Crippen LogP contribution in [0, 0.1) is 0 Å². The molecule has 0 amide bonds. The predicted molar refractivity (Wildman–Crippen MR) is 68.1 cm³/mol. The second-order valence-electron chi connectivity index (χ2n) is 3.95. The van der Waals surface area contributed by atoms with E-state index >= 15 is 0 Å². The Kier molecular flexibility index (Phi) is 4.20. The Hall–Kier alpha value is -2.01. The molecular weight excluding hydrogens is 228 g/mol. The average Bonchev–Trinajstić information content (AvgIpc) is 2.45. The predicted octanol–water partition coefficient (Wildman–Crippen LogP) is 1.71. The summed E-state index contributed by atoms with van der Waals surface area (Å²) in [5, 5.41) is 0. The first kappa shape index (κ1) is 12.4. The van der Waals surface area contributed by atoms with E-state index in [9.17, 15) is 0 Å². The van der Waals surface area contributed by atoms with Gasteiger partial charge in [-0.05, 0) is 18.1 Å². The van der Waals surface area contributed by atoms with Crippen LogP contribution in [0.3, 0.4) is 0 Å². The third-order valence-electron chi connectivity index (χ3n) is 2.51. The van der Waals surface area contributed by atoms with Crippen LogP contribution in [0.2, 0.25) is 0 Å². The topological polar surface area (TPSA) is 73.9 Å². The number of hydrogen-bond acceptors (Lipinski definition) is 5. The maximum absolute atomic E-state index is 6.14. The normalized spacial score (nSPS) is 12.1. The minimum Gasteiger partial charge on any atom is -0.492 e. The second kappa shape index (κ2) is 6.07. The zero-order valence-corrected chi connectivity index (χ0v) is 10.3. The van der Waals surface area contributed by atoms with Gasteiger partial charge in [0.25, 0.3) is 0 Å². The molecule has 5 nitrogen and oxygen atoms in total. The molecule has 1 atom stereocenters. The van der Waals surface area contributed by atoms with Gasteiger partial charge in [0.1, 0.15) is 12.1 Å². The van der Waals surface area contributed by atoms with E-state index in [1.807, 2.05) is 6.07 Å². The molecular formula is C13H16N4O. The van der Waals surface area contributed by atoms with Crippen molar-refractivity contribution in [1.82, 2.24) is 15.0 Å². The second-order valence-corrected chi connectivity index (χ2v) is 3.95. The quantitative estimate of drug-likeness (QED) is 0.866. The molecule has 0 saturated carbocycles. The van der Waals surface area contributed by atoms with E-state index in [4.69, 9.17) is 10.5 Å². The number of hydrogen-bond donors (Lipinski definition) is 1. The standard InChI is InChI=1S/C13H16N4O/c1-2-3-18-12-4-10(5-15-8-12)13(14)11-6-16-9-17-7-11/h4-9,13H,2-3,14H2,1H3. The molecule has 0 aliphatic heterocycles. The van der Waals surface area contributed by atoms with Crippen molar-refractivity contribution < 1.29 is 4.74 Å². The van der Waals surface area contributed by atoms with Crippen molar-refractivity contribution in [2.45, 2.75) is 19.4 Å². The third-order valence-corrected chi connectivity index (χ3v) is 2.51. The lowest BCUT2D eigenvalue weighted by Gasteiger charge is -2.12. The van der Waals surface area contributed by atoms with Crippen molar-refractivity contribution in [2.75, 3.05) is 6.61 Å². The van der Waals surface area contributed by atoms with Crippen molar-refractivity contribution in [1.29, 1.82) is 0 Å².